The topological polar surface area (TPSA) is 86.7 Å². The van der Waals surface area contributed by atoms with Crippen molar-refractivity contribution in [3.63, 3.8) is 0 Å². The maximum Gasteiger partial charge on any atom is 0.316 e. The number of ether oxygens (including phenoxy) is 2. The van der Waals surface area contributed by atoms with E-state index < -0.39 is 35.3 Å². The second kappa shape index (κ2) is 8.06. The van der Waals surface area contributed by atoms with Gasteiger partial charge in [0.05, 0.1) is 13.2 Å². The summed E-state index contributed by atoms with van der Waals surface area (Å²) in [7, 11) is 0. The Labute approximate surface area is 130 Å². The molecule has 0 saturated heterocycles. The Balaban J connectivity index is 2.60. The van der Waals surface area contributed by atoms with Crippen LogP contribution in [0.3, 0.4) is 0 Å². The molecule has 1 fully saturated rings. The zero-order valence-corrected chi connectivity index (χ0v) is 13.6. The lowest BCUT2D eigenvalue weighted by atomic mass is 9.80. The number of Topliss-reactive ketones (excluding diaryl/α,β-unsaturated/α-hetero) is 2. The summed E-state index contributed by atoms with van der Waals surface area (Å²) in [5.74, 6) is -4.09. The van der Waals surface area contributed by atoms with Crippen LogP contribution in [0, 0.1) is 23.7 Å². The number of hydrogen-bond acceptors (Lipinski definition) is 6. The molecule has 0 radical (unpaired) electrons. The molecule has 0 amide bonds. The summed E-state index contributed by atoms with van der Waals surface area (Å²) >= 11 is 0. The minimum atomic E-state index is -1.08. The first kappa shape index (κ1) is 18.3. The van der Waals surface area contributed by atoms with E-state index in [1.165, 1.54) is 0 Å². The third kappa shape index (κ3) is 5.24. The summed E-state index contributed by atoms with van der Waals surface area (Å²) in [6, 6.07) is 0. The summed E-state index contributed by atoms with van der Waals surface area (Å²) < 4.78 is 10.0. The van der Waals surface area contributed by atoms with E-state index in [1.54, 1.807) is 0 Å². The van der Waals surface area contributed by atoms with E-state index in [0.29, 0.717) is 0 Å². The van der Waals surface area contributed by atoms with Crippen LogP contribution in [0.5, 0.6) is 0 Å². The summed E-state index contributed by atoms with van der Waals surface area (Å²) in [5.41, 5.74) is 0. The van der Waals surface area contributed by atoms with Gasteiger partial charge in [0, 0.05) is 12.8 Å². The third-order valence-corrected chi connectivity index (χ3v) is 3.27. The average Bonchev–Trinajstić information content (AvgIpc) is 2.44. The second-order valence-electron chi connectivity index (χ2n) is 6.49. The van der Waals surface area contributed by atoms with Gasteiger partial charge in [0.2, 0.25) is 0 Å². The van der Waals surface area contributed by atoms with E-state index in [1.807, 2.05) is 27.7 Å². The number of esters is 2. The monoisotopic (exact) mass is 312 g/mol. The first-order chi connectivity index (χ1) is 10.2. The van der Waals surface area contributed by atoms with Gasteiger partial charge in [0.1, 0.15) is 23.4 Å². The van der Waals surface area contributed by atoms with Crippen molar-refractivity contribution >= 4 is 23.5 Å². The number of carbonyl (C=O) groups excluding carboxylic acids is 4. The van der Waals surface area contributed by atoms with Gasteiger partial charge in [-0.25, -0.2) is 0 Å². The Bertz CT molecular complexity index is 410. The lowest BCUT2D eigenvalue weighted by Gasteiger charge is -2.24. The van der Waals surface area contributed by atoms with Crippen LogP contribution in [0.1, 0.15) is 40.5 Å². The minimum Gasteiger partial charge on any atom is -0.465 e. The number of hydrogen-bond donors (Lipinski definition) is 0. The van der Waals surface area contributed by atoms with Crippen LogP contribution in [0.25, 0.3) is 0 Å². The molecule has 1 aliphatic carbocycles. The molecule has 0 aromatic heterocycles. The fourth-order valence-electron chi connectivity index (χ4n) is 2.04. The van der Waals surface area contributed by atoms with E-state index in [0.717, 1.165) is 0 Å². The molecular weight excluding hydrogens is 288 g/mol. The summed E-state index contributed by atoms with van der Waals surface area (Å²) in [6.45, 7) is 7.92. The van der Waals surface area contributed by atoms with Gasteiger partial charge >= 0.3 is 11.9 Å². The van der Waals surface area contributed by atoms with E-state index in [9.17, 15) is 19.2 Å². The Hall–Kier alpha value is -1.72. The van der Waals surface area contributed by atoms with Crippen molar-refractivity contribution in [2.45, 2.75) is 40.5 Å². The minimum absolute atomic E-state index is 0.150. The maximum absolute atomic E-state index is 12.0. The van der Waals surface area contributed by atoms with Crippen molar-refractivity contribution in [3.05, 3.63) is 0 Å². The molecule has 0 heterocycles. The fourth-order valence-corrected chi connectivity index (χ4v) is 2.04. The van der Waals surface area contributed by atoms with Crippen molar-refractivity contribution in [1.82, 2.24) is 0 Å². The molecule has 0 N–H and O–H groups in total. The molecule has 0 bridgehead atoms. The van der Waals surface area contributed by atoms with Gasteiger partial charge in [-0.15, -0.1) is 0 Å². The maximum atomic E-state index is 12.0. The van der Waals surface area contributed by atoms with Gasteiger partial charge in [0.15, 0.2) is 0 Å². The standard InChI is InChI=1S/C16H24O6/c1-9(2)7-21-15(19)11-5-14(18)12(6-13(11)17)16(20)22-8-10(3)4/h9-12H,5-8H2,1-4H3. The summed E-state index contributed by atoms with van der Waals surface area (Å²) in [6.07, 6.45) is -0.561. The lowest BCUT2D eigenvalue weighted by molar-refractivity contribution is -0.163. The van der Waals surface area contributed by atoms with Gasteiger partial charge in [-0.2, -0.15) is 0 Å². The van der Waals surface area contributed by atoms with Crippen LogP contribution < -0.4 is 0 Å². The first-order valence-electron chi connectivity index (χ1n) is 7.61. The van der Waals surface area contributed by atoms with E-state index >= 15 is 0 Å². The molecule has 22 heavy (non-hydrogen) atoms. The number of carbonyl (C=O) groups is 4. The van der Waals surface area contributed by atoms with Crippen molar-refractivity contribution in [3.8, 4) is 0 Å². The molecule has 0 aromatic carbocycles. The molecule has 2 unspecified atom stereocenters. The molecule has 1 saturated carbocycles. The highest BCUT2D eigenvalue weighted by atomic mass is 16.5. The molecule has 1 aliphatic rings. The van der Waals surface area contributed by atoms with Crippen LogP contribution in [-0.2, 0) is 28.7 Å². The Morgan fingerprint density at radius 2 is 1.18 bits per heavy atom. The largest absolute Gasteiger partial charge is 0.465 e. The molecule has 6 nitrogen and oxygen atoms in total. The van der Waals surface area contributed by atoms with Gasteiger partial charge in [-0.3, -0.25) is 19.2 Å². The number of ketones is 2. The fraction of sp³-hybridized carbons (Fsp3) is 0.750. The smallest absolute Gasteiger partial charge is 0.316 e. The van der Waals surface area contributed by atoms with E-state index in [2.05, 4.69) is 0 Å². The van der Waals surface area contributed by atoms with Gasteiger partial charge < -0.3 is 9.47 Å². The van der Waals surface area contributed by atoms with Crippen LogP contribution >= 0.6 is 0 Å². The van der Waals surface area contributed by atoms with Gasteiger partial charge in [-0.05, 0) is 11.8 Å². The average molecular weight is 312 g/mol. The molecule has 124 valence electrons. The van der Waals surface area contributed by atoms with Crippen LogP contribution in [0.4, 0.5) is 0 Å². The SMILES string of the molecule is CC(C)COC(=O)C1CC(=O)C(C(=O)OCC(C)C)CC1=O. The number of rotatable bonds is 6. The van der Waals surface area contributed by atoms with Crippen molar-refractivity contribution in [2.75, 3.05) is 13.2 Å². The van der Waals surface area contributed by atoms with Gasteiger partial charge in [0.25, 0.3) is 0 Å². The highest BCUT2D eigenvalue weighted by molar-refractivity contribution is 6.12. The van der Waals surface area contributed by atoms with Crippen molar-refractivity contribution in [1.29, 1.82) is 0 Å². The highest BCUT2D eigenvalue weighted by Gasteiger charge is 2.43. The third-order valence-electron chi connectivity index (χ3n) is 3.27. The molecule has 0 spiro atoms. The predicted molar refractivity (Wildman–Crippen MR) is 77.8 cm³/mol. The zero-order chi connectivity index (χ0) is 16.9. The molecular formula is C16H24O6. The Kier molecular flexibility index (Phi) is 6.71. The van der Waals surface area contributed by atoms with Crippen molar-refractivity contribution in [2.24, 2.45) is 23.7 Å². The highest BCUT2D eigenvalue weighted by Crippen LogP contribution is 2.25. The molecule has 0 aliphatic heterocycles. The van der Waals surface area contributed by atoms with E-state index in [4.69, 9.17) is 9.47 Å². The zero-order valence-electron chi connectivity index (χ0n) is 13.6. The molecule has 1 rings (SSSR count). The molecule has 0 aromatic rings. The Morgan fingerprint density at radius 1 is 0.864 bits per heavy atom. The van der Waals surface area contributed by atoms with E-state index in [-0.39, 0.29) is 37.9 Å². The van der Waals surface area contributed by atoms with Crippen LogP contribution in [-0.4, -0.2) is 36.7 Å². The summed E-state index contributed by atoms with van der Waals surface area (Å²) in [5, 5.41) is 0. The predicted octanol–water partition coefficient (Wildman–Crippen LogP) is 1.55. The lowest BCUT2D eigenvalue weighted by Crippen LogP contribution is -2.41. The summed E-state index contributed by atoms with van der Waals surface area (Å²) in [4.78, 5) is 47.7. The first-order valence-corrected chi connectivity index (χ1v) is 7.61. The molecule has 2 atom stereocenters. The van der Waals surface area contributed by atoms with Crippen LogP contribution in [0.15, 0.2) is 0 Å². The van der Waals surface area contributed by atoms with Crippen molar-refractivity contribution < 1.29 is 28.7 Å². The van der Waals surface area contributed by atoms with Crippen LogP contribution in [0.2, 0.25) is 0 Å². The van der Waals surface area contributed by atoms with Gasteiger partial charge in [-0.1, -0.05) is 27.7 Å². The quantitative estimate of drug-likeness (QED) is 0.546. The normalized spacial score (nSPS) is 22.1. The Morgan fingerprint density at radius 3 is 1.45 bits per heavy atom. The molecule has 6 heteroatoms. The second-order valence-corrected chi connectivity index (χ2v) is 6.49.